The molecule has 0 aromatic carbocycles. The van der Waals surface area contributed by atoms with Crippen LogP contribution in [0.2, 0.25) is 9.28 Å². The summed E-state index contributed by atoms with van der Waals surface area (Å²) < 4.78 is 2.39. The minimum absolute atomic E-state index is 0.170. The van der Waals surface area contributed by atoms with Crippen LogP contribution in [0.25, 0.3) is 0 Å². The molecule has 0 aromatic rings. The van der Waals surface area contributed by atoms with Gasteiger partial charge in [0, 0.05) is 0 Å². The summed E-state index contributed by atoms with van der Waals surface area (Å²) >= 11 is 2.33. The average molecular weight is 317 g/mol. The van der Waals surface area contributed by atoms with E-state index in [4.69, 9.17) is 0 Å². The Morgan fingerprint density at radius 3 is 1.88 bits per heavy atom. The molecule has 0 amide bonds. The van der Waals surface area contributed by atoms with Crippen molar-refractivity contribution in [1.29, 1.82) is 0 Å². The molecule has 0 atom stereocenters. The number of hydrogen-bond acceptors (Lipinski definition) is 0. The van der Waals surface area contributed by atoms with Crippen molar-refractivity contribution in [3.05, 3.63) is 25.3 Å². The molecule has 0 N–H and O–H groups in total. The molecule has 0 aliphatic carbocycles. The van der Waals surface area contributed by atoms with E-state index in [2.05, 4.69) is 32.2 Å². The maximum atomic E-state index is 3.67. The number of rotatable bonds is 4. The van der Waals surface area contributed by atoms with Crippen molar-refractivity contribution in [3.8, 4) is 0 Å². The van der Waals surface area contributed by atoms with E-state index in [0.717, 1.165) is 0 Å². The van der Waals surface area contributed by atoms with Gasteiger partial charge in [-0.3, -0.25) is 0 Å². The van der Waals surface area contributed by atoms with Crippen LogP contribution < -0.4 is 0 Å². The normalized spacial score (nSPS) is 10.4. The molecule has 0 aromatic heterocycles. The molecule has 0 nitrogen and oxygen atoms in total. The van der Waals surface area contributed by atoms with E-state index in [-0.39, 0.29) is 14.6 Å². The molecule has 8 heavy (non-hydrogen) atoms. The number of halogens is 1. The van der Waals surface area contributed by atoms with E-state index in [1.54, 1.807) is 0 Å². The molecule has 0 spiro atoms. The SMILES string of the molecule is C=C[CH2][Ag]([I])[CH2]C=C. The quantitative estimate of drug-likeness (QED) is 0.424. The van der Waals surface area contributed by atoms with Gasteiger partial charge in [0.2, 0.25) is 0 Å². The van der Waals surface area contributed by atoms with Crippen LogP contribution in [0.5, 0.6) is 0 Å². The predicted octanol–water partition coefficient (Wildman–Crippen LogP) is 3.16. The third-order valence-electron chi connectivity index (χ3n) is 0.441. The summed E-state index contributed by atoms with van der Waals surface area (Å²) in [5.41, 5.74) is 0. The van der Waals surface area contributed by atoms with E-state index in [0.29, 0.717) is 0 Å². The predicted molar refractivity (Wildman–Crippen MR) is 44.0 cm³/mol. The first-order valence-corrected chi connectivity index (χ1v) is 8.68. The molecule has 0 radical (unpaired) electrons. The Kier molecular flexibility index (Phi) is 6.80. The molecule has 0 aliphatic rings. The van der Waals surface area contributed by atoms with Gasteiger partial charge in [-0.2, -0.15) is 0 Å². The second-order valence-electron chi connectivity index (χ2n) is 1.14. The Balaban J connectivity index is 3.16. The van der Waals surface area contributed by atoms with Crippen molar-refractivity contribution >= 4 is 19.0 Å². The van der Waals surface area contributed by atoms with Crippen LogP contribution in [0.4, 0.5) is 0 Å². The van der Waals surface area contributed by atoms with Crippen molar-refractivity contribution in [3.63, 3.8) is 0 Å². The minimum atomic E-state index is -0.170. The van der Waals surface area contributed by atoms with Crippen molar-refractivity contribution in [1.82, 2.24) is 0 Å². The summed E-state index contributed by atoms with van der Waals surface area (Å²) in [6, 6.07) is 0. The third kappa shape index (κ3) is 5.09. The summed E-state index contributed by atoms with van der Waals surface area (Å²) in [5, 5.41) is 0. The van der Waals surface area contributed by atoms with E-state index < -0.39 is 0 Å². The van der Waals surface area contributed by atoms with Crippen LogP contribution in [0.1, 0.15) is 0 Å². The van der Waals surface area contributed by atoms with Crippen molar-refractivity contribution in [2.24, 2.45) is 0 Å². The molecule has 52 valence electrons. The Morgan fingerprint density at radius 2 is 1.62 bits per heavy atom. The zero-order chi connectivity index (χ0) is 6.41. The van der Waals surface area contributed by atoms with Crippen LogP contribution >= 0.6 is 19.0 Å². The first-order valence-electron chi connectivity index (χ1n) is 2.17. The first kappa shape index (κ1) is 8.95. The van der Waals surface area contributed by atoms with E-state index in [9.17, 15) is 0 Å². The molecule has 0 unspecified atom stereocenters. The molecule has 0 saturated carbocycles. The van der Waals surface area contributed by atoms with E-state index in [1.165, 1.54) is 9.28 Å². The van der Waals surface area contributed by atoms with Crippen molar-refractivity contribution in [2.45, 2.75) is 9.28 Å². The second-order valence-corrected chi connectivity index (χ2v) is 9.32. The van der Waals surface area contributed by atoms with Crippen LogP contribution in [-0.2, 0) is 14.6 Å². The maximum absolute atomic E-state index is 3.67. The van der Waals surface area contributed by atoms with Gasteiger partial charge in [-0.25, -0.2) is 0 Å². The van der Waals surface area contributed by atoms with Crippen LogP contribution in [0, 0.1) is 0 Å². The number of hydrogen-bond donors (Lipinski definition) is 0. The standard InChI is InChI=1S/2C3H5.Ag.HI/c2*1-3-2;;/h2*3H,1-2H2;;1H/q;;+1;/p-1. The van der Waals surface area contributed by atoms with Crippen LogP contribution in [0.15, 0.2) is 25.3 Å². The Hall–Kier alpha value is 0.950. The Labute approximate surface area is 67.7 Å². The summed E-state index contributed by atoms with van der Waals surface area (Å²) in [4.78, 5) is 0. The zero-order valence-corrected chi connectivity index (χ0v) is 8.30. The second kappa shape index (κ2) is 6.08. The summed E-state index contributed by atoms with van der Waals surface area (Å²) in [6.45, 7) is 7.34. The van der Waals surface area contributed by atoms with Gasteiger partial charge in [-0.1, -0.05) is 0 Å². The van der Waals surface area contributed by atoms with Gasteiger partial charge in [-0.15, -0.1) is 0 Å². The molecule has 0 aliphatic heterocycles. The third-order valence-corrected chi connectivity index (χ3v) is 5.75. The topological polar surface area (TPSA) is 0 Å². The molecule has 0 heterocycles. The summed E-state index contributed by atoms with van der Waals surface area (Å²) in [6.07, 6.45) is 3.98. The average Bonchev–Trinajstić information content (AvgIpc) is 1.68. The Morgan fingerprint density at radius 1 is 1.25 bits per heavy atom. The van der Waals surface area contributed by atoms with Crippen LogP contribution in [-0.4, -0.2) is 0 Å². The molecule has 0 bridgehead atoms. The van der Waals surface area contributed by atoms with Gasteiger partial charge in [0.25, 0.3) is 0 Å². The van der Waals surface area contributed by atoms with Gasteiger partial charge in [0.15, 0.2) is 0 Å². The summed E-state index contributed by atoms with van der Waals surface area (Å²) in [5.74, 6) is 0. The van der Waals surface area contributed by atoms with Gasteiger partial charge in [-0.05, 0) is 0 Å². The monoisotopic (exact) mass is 316 g/mol. The molecule has 0 saturated heterocycles. The van der Waals surface area contributed by atoms with Crippen molar-refractivity contribution < 1.29 is 14.6 Å². The fourth-order valence-corrected chi connectivity index (χ4v) is 3.64. The molecule has 0 fully saturated rings. The van der Waals surface area contributed by atoms with E-state index in [1.807, 2.05) is 12.2 Å². The van der Waals surface area contributed by atoms with Crippen molar-refractivity contribution in [2.75, 3.05) is 0 Å². The van der Waals surface area contributed by atoms with Gasteiger partial charge < -0.3 is 0 Å². The van der Waals surface area contributed by atoms with E-state index >= 15 is 0 Å². The Bertz CT molecular complexity index is 70.6. The molecule has 0 rings (SSSR count). The molecular weight excluding hydrogens is 307 g/mol. The summed E-state index contributed by atoms with van der Waals surface area (Å²) in [7, 11) is 0. The fraction of sp³-hybridized carbons (Fsp3) is 0.333. The van der Waals surface area contributed by atoms with Gasteiger partial charge in [0.05, 0.1) is 0 Å². The van der Waals surface area contributed by atoms with Crippen LogP contribution in [0.3, 0.4) is 0 Å². The van der Waals surface area contributed by atoms with Gasteiger partial charge >= 0.3 is 68.2 Å². The number of allylic oxidation sites excluding steroid dienone is 2. The fourth-order valence-electron chi connectivity index (χ4n) is 0.239. The van der Waals surface area contributed by atoms with Gasteiger partial charge in [0.1, 0.15) is 0 Å². The zero-order valence-electron chi connectivity index (χ0n) is 4.66. The molecular formula is C6H10AgI. The first-order chi connectivity index (χ1) is 3.81. The molecule has 2 heteroatoms.